The SMILES string of the molecule is Cc1nc(C)c(C(=O)C2=C(O)C(=O)N(c3nnc(SCc4ccc(F)cc4)s3)C2c2ccc(Cl)c(Cl)c2)s1. The molecule has 1 aliphatic rings. The van der Waals surface area contributed by atoms with Crippen LogP contribution in [0.4, 0.5) is 9.52 Å². The van der Waals surface area contributed by atoms with Crippen molar-refractivity contribution in [3.8, 4) is 0 Å². The molecule has 0 radical (unpaired) electrons. The number of carbonyl (C=O) groups excluding carboxylic acids is 2. The molecule has 13 heteroatoms. The molecule has 4 aromatic rings. The summed E-state index contributed by atoms with van der Waals surface area (Å²) in [6, 6.07) is 9.85. The third kappa shape index (κ3) is 5.08. The second-order valence-electron chi connectivity index (χ2n) is 8.26. The number of nitrogens with zero attached hydrogens (tertiary/aromatic N) is 4. The number of anilines is 1. The highest BCUT2D eigenvalue weighted by atomic mass is 35.5. The van der Waals surface area contributed by atoms with E-state index in [1.165, 1.54) is 40.1 Å². The maximum absolute atomic E-state index is 13.7. The number of hydrogen-bond acceptors (Lipinski definition) is 9. The highest BCUT2D eigenvalue weighted by Crippen LogP contribution is 2.45. The number of amides is 1. The average Bonchev–Trinajstić information content (AvgIpc) is 3.56. The second-order valence-corrected chi connectivity index (χ2v) is 12.5. The first kappa shape index (κ1) is 26.8. The van der Waals surface area contributed by atoms with Crippen molar-refractivity contribution in [3.05, 3.63) is 96.4 Å². The van der Waals surface area contributed by atoms with Crippen LogP contribution in [-0.4, -0.2) is 32.0 Å². The molecule has 0 fully saturated rings. The van der Waals surface area contributed by atoms with Crippen LogP contribution < -0.4 is 4.90 Å². The minimum atomic E-state index is -1.02. The molecule has 1 N–H and O–H groups in total. The minimum absolute atomic E-state index is 0.101. The van der Waals surface area contributed by atoms with Gasteiger partial charge in [0.1, 0.15) is 5.82 Å². The van der Waals surface area contributed by atoms with E-state index in [0.717, 1.165) is 16.9 Å². The molecule has 0 saturated heterocycles. The van der Waals surface area contributed by atoms with Gasteiger partial charge in [-0.3, -0.25) is 14.5 Å². The number of hydrogen-bond donors (Lipinski definition) is 1. The summed E-state index contributed by atoms with van der Waals surface area (Å²) < 4.78 is 13.8. The standard InChI is InChI=1S/C25H17Cl2FN4O3S3/c1-11-22(37-12(2)29-11)20(33)18-19(14-5-8-16(26)17(27)9-14)32(23(35)21(18)34)24-30-31-25(38-24)36-10-13-3-6-15(28)7-4-13/h3-9,19,34H,10H2,1-2H3. The maximum atomic E-state index is 13.7. The molecular formula is C25H17Cl2FN4O3S3. The van der Waals surface area contributed by atoms with Gasteiger partial charge >= 0.3 is 0 Å². The van der Waals surface area contributed by atoms with Crippen molar-refractivity contribution in [2.24, 2.45) is 0 Å². The Morgan fingerprint density at radius 3 is 2.50 bits per heavy atom. The Morgan fingerprint density at radius 2 is 1.84 bits per heavy atom. The zero-order valence-electron chi connectivity index (χ0n) is 19.7. The lowest BCUT2D eigenvalue weighted by Gasteiger charge is -2.24. The van der Waals surface area contributed by atoms with Crippen molar-refractivity contribution in [2.75, 3.05) is 4.90 Å². The number of halogens is 3. The molecule has 7 nitrogen and oxygen atoms in total. The van der Waals surface area contributed by atoms with Gasteiger partial charge in [-0.05, 0) is 49.2 Å². The van der Waals surface area contributed by atoms with E-state index in [4.69, 9.17) is 23.2 Å². The molecule has 2 aromatic heterocycles. The summed E-state index contributed by atoms with van der Waals surface area (Å²) in [5.41, 5.74) is 1.76. The molecule has 0 aliphatic carbocycles. The number of aryl methyl sites for hydroxylation is 2. The van der Waals surface area contributed by atoms with Gasteiger partial charge in [0.15, 0.2) is 10.1 Å². The number of thiazole rings is 1. The molecule has 194 valence electrons. The molecule has 2 aromatic carbocycles. The Bertz CT molecular complexity index is 1600. The predicted molar refractivity (Wildman–Crippen MR) is 148 cm³/mol. The quantitative estimate of drug-likeness (QED) is 0.136. The van der Waals surface area contributed by atoms with E-state index < -0.39 is 23.5 Å². The summed E-state index contributed by atoms with van der Waals surface area (Å²) in [5.74, 6) is -1.77. The van der Waals surface area contributed by atoms with Crippen molar-refractivity contribution < 1.29 is 19.1 Å². The fourth-order valence-electron chi connectivity index (χ4n) is 3.98. The van der Waals surface area contributed by atoms with E-state index in [2.05, 4.69) is 15.2 Å². The van der Waals surface area contributed by atoms with Crippen molar-refractivity contribution in [3.63, 3.8) is 0 Å². The molecule has 1 unspecified atom stereocenters. The number of rotatable bonds is 7. The average molecular weight is 608 g/mol. The number of aliphatic hydroxyl groups excluding tert-OH is 1. The molecule has 0 saturated carbocycles. The van der Waals surface area contributed by atoms with Crippen molar-refractivity contribution in [1.29, 1.82) is 0 Å². The van der Waals surface area contributed by atoms with E-state index in [9.17, 15) is 19.1 Å². The lowest BCUT2D eigenvalue weighted by atomic mass is 9.95. The van der Waals surface area contributed by atoms with Gasteiger partial charge in [-0.1, -0.05) is 64.5 Å². The number of ketones is 1. The van der Waals surface area contributed by atoms with Gasteiger partial charge in [0.05, 0.1) is 37.2 Å². The van der Waals surface area contributed by atoms with Gasteiger partial charge in [0, 0.05) is 5.75 Å². The molecule has 38 heavy (non-hydrogen) atoms. The molecule has 1 amide bonds. The Kier molecular flexibility index (Phi) is 7.56. The van der Waals surface area contributed by atoms with Crippen LogP contribution in [0.3, 0.4) is 0 Å². The summed E-state index contributed by atoms with van der Waals surface area (Å²) >= 11 is 16.1. The maximum Gasteiger partial charge on any atom is 0.296 e. The lowest BCUT2D eigenvalue weighted by molar-refractivity contribution is -0.117. The van der Waals surface area contributed by atoms with Gasteiger partial charge in [-0.15, -0.1) is 21.5 Å². The molecule has 3 heterocycles. The number of aromatic nitrogens is 3. The van der Waals surface area contributed by atoms with Crippen molar-refractivity contribution in [1.82, 2.24) is 15.2 Å². The van der Waals surface area contributed by atoms with E-state index >= 15 is 0 Å². The van der Waals surface area contributed by atoms with Crippen LogP contribution in [0.15, 0.2) is 58.1 Å². The van der Waals surface area contributed by atoms with E-state index in [-0.39, 0.29) is 21.5 Å². The largest absolute Gasteiger partial charge is 0.503 e. The van der Waals surface area contributed by atoms with E-state index in [1.807, 2.05) is 0 Å². The Hall–Kier alpha value is -2.83. The summed E-state index contributed by atoms with van der Waals surface area (Å²) in [4.78, 5) is 33.0. The molecule has 1 atom stereocenters. The lowest BCUT2D eigenvalue weighted by Crippen LogP contribution is -2.31. The fraction of sp³-hybridized carbons (Fsp3) is 0.160. The zero-order chi connectivity index (χ0) is 27.1. The predicted octanol–water partition coefficient (Wildman–Crippen LogP) is 7.13. The Morgan fingerprint density at radius 1 is 1.11 bits per heavy atom. The number of thioether (sulfide) groups is 1. The fourth-order valence-corrected chi connectivity index (χ4v) is 6.98. The van der Waals surface area contributed by atoms with Gasteiger partial charge in [0.25, 0.3) is 5.91 Å². The number of carbonyl (C=O) groups is 2. The smallest absolute Gasteiger partial charge is 0.296 e. The topological polar surface area (TPSA) is 96.3 Å². The normalized spacial score (nSPS) is 15.6. The third-order valence-corrected chi connectivity index (χ3v) is 9.64. The first-order chi connectivity index (χ1) is 18.1. The number of Topliss-reactive ketones (excluding diaryl/α,β-unsaturated/α-hetero) is 1. The van der Waals surface area contributed by atoms with Crippen molar-refractivity contribution in [2.45, 2.75) is 30.0 Å². The summed E-state index contributed by atoms with van der Waals surface area (Å²) in [5, 5.41) is 20.7. The van der Waals surface area contributed by atoms with Gasteiger partial charge in [0.2, 0.25) is 10.9 Å². The van der Waals surface area contributed by atoms with Gasteiger partial charge < -0.3 is 5.11 Å². The molecule has 0 spiro atoms. The van der Waals surface area contributed by atoms with Gasteiger partial charge in [-0.25, -0.2) is 9.37 Å². The van der Waals surface area contributed by atoms with Crippen LogP contribution in [0.25, 0.3) is 0 Å². The number of aliphatic hydroxyl groups is 1. The summed E-state index contributed by atoms with van der Waals surface area (Å²) in [6.07, 6.45) is 0. The third-order valence-electron chi connectivity index (χ3n) is 5.70. The summed E-state index contributed by atoms with van der Waals surface area (Å²) in [6.45, 7) is 3.48. The number of benzene rings is 2. The first-order valence-electron chi connectivity index (χ1n) is 11.0. The van der Waals surface area contributed by atoms with E-state index in [0.29, 0.717) is 36.3 Å². The highest BCUT2D eigenvalue weighted by Gasteiger charge is 2.46. The van der Waals surface area contributed by atoms with Crippen LogP contribution in [0.1, 0.15) is 37.5 Å². The van der Waals surface area contributed by atoms with Crippen LogP contribution in [0.2, 0.25) is 10.0 Å². The minimum Gasteiger partial charge on any atom is -0.503 e. The van der Waals surface area contributed by atoms with Gasteiger partial charge in [-0.2, -0.15) is 0 Å². The molecule has 0 bridgehead atoms. The zero-order valence-corrected chi connectivity index (χ0v) is 23.7. The van der Waals surface area contributed by atoms with Crippen LogP contribution in [0, 0.1) is 19.7 Å². The van der Waals surface area contributed by atoms with E-state index in [1.54, 1.807) is 44.2 Å². The van der Waals surface area contributed by atoms with Crippen LogP contribution in [-0.2, 0) is 10.5 Å². The Balaban J connectivity index is 1.52. The molecule has 5 rings (SSSR count). The van der Waals surface area contributed by atoms with Crippen molar-refractivity contribution >= 4 is 74.5 Å². The molecular weight excluding hydrogens is 590 g/mol. The first-order valence-corrected chi connectivity index (χ1v) is 14.4. The van der Waals surface area contributed by atoms with Crippen LogP contribution >= 0.6 is 57.6 Å². The Labute approximate surface area is 239 Å². The second kappa shape index (κ2) is 10.7. The monoisotopic (exact) mass is 606 g/mol. The summed E-state index contributed by atoms with van der Waals surface area (Å²) in [7, 11) is 0. The molecule has 1 aliphatic heterocycles. The highest BCUT2D eigenvalue weighted by molar-refractivity contribution is 8.00. The van der Waals surface area contributed by atoms with Crippen LogP contribution in [0.5, 0.6) is 0 Å².